The van der Waals surface area contributed by atoms with Crippen molar-refractivity contribution in [1.29, 1.82) is 0 Å². The van der Waals surface area contributed by atoms with Crippen LogP contribution in [0, 0.1) is 0 Å². The van der Waals surface area contributed by atoms with Gasteiger partial charge in [-0.3, -0.25) is 0 Å². The summed E-state index contributed by atoms with van der Waals surface area (Å²) < 4.78 is 5.63. The molecule has 21 heavy (non-hydrogen) atoms. The smallest absolute Gasteiger partial charge is 0.142 e. The fraction of sp³-hybridized carbons (Fsp3) is 0.667. The lowest BCUT2D eigenvalue weighted by Gasteiger charge is -2.33. The molecule has 1 N–H and O–H groups in total. The third kappa shape index (κ3) is 4.37. The van der Waals surface area contributed by atoms with Gasteiger partial charge in [-0.1, -0.05) is 32.3 Å². The van der Waals surface area contributed by atoms with Gasteiger partial charge in [0.25, 0.3) is 0 Å². The molecule has 3 heteroatoms. The van der Waals surface area contributed by atoms with Gasteiger partial charge in [0.1, 0.15) is 5.75 Å². The fourth-order valence-electron chi connectivity index (χ4n) is 3.20. The largest absolute Gasteiger partial charge is 0.495 e. The summed E-state index contributed by atoms with van der Waals surface area (Å²) in [5, 5.41) is 3.45. The molecule has 1 aliphatic carbocycles. The average molecular weight is 290 g/mol. The first kappa shape index (κ1) is 16.2. The van der Waals surface area contributed by atoms with Gasteiger partial charge in [-0.25, -0.2) is 0 Å². The lowest BCUT2D eigenvalue weighted by atomic mass is 9.94. The lowest BCUT2D eigenvalue weighted by Crippen LogP contribution is -2.33. The van der Waals surface area contributed by atoms with Crippen LogP contribution in [-0.2, 0) is 6.54 Å². The van der Waals surface area contributed by atoms with E-state index in [1.807, 2.05) is 0 Å². The van der Waals surface area contributed by atoms with Crippen LogP contribution in [0.1, 0.15) is 51.0 Å². The standard InChI is InChI=1S/C18H30N2O/c1-4-12-19-14-15-10-11-17(18(13-15)21-3)20(2)16-8-6-5-7-9-16/h10-11,13,16,19H,4-9,12,14H2,1-3H3. The van der Waals surface area contributed by atoms with Gasteiger partial charge < -0.3 is 15.0 Å². The van der Waals surface area contributed by atoms with Crippen LogP contribution in [0.5, 0.6) is 5.75 Å². The van der Waals surface area contributed by atoms with Gasteiger partial charge in [-0.2, -0.15) is 0 Å². The SMILES string of the molecule is CCCNCc1ccc(N(C)C2CCCCC2)c(OC)c1. The van der Waals surface area contributed by atoms with Crippen molar-refractivity contribution in [3.05, 3.63) is 23.8 Å². The number of nitrogens with zero attached hydrogens (tertiary/aromatic N) is 1. The summed E-state index contributed by atoms with van der Waals surface area (Å²) in [4.78, 5) is 2.42. The Labute approximate surface area is 129 Å². The van der Waals surface area contributed by atoms with Gasteiger partial charge in [0.2, 0.25) is 0 Å². The molecule has 3 nitrogen and oxygen atoms in total. The third-order valence-electron chi connectivity index (χ3n) is 4.50. The number of rotatable bonds is 7. The van der Waals surface area contributed by atoms with Crippen molar-refractivity contribution in [2.24, 2.45) is 0 Å². The molecule has 1 saturated carbocycles. The maximum atomic E-state index is 5.63. The minimum Gasteiger partial charge on any atom is -0.495 e. The zero-order valence-corrected chi connectivity index (χ0v) is 13.8. The quantitative estimate of drug-likeness (QED) is 0.769. The second-order valence-electron chi connectivity index (χ2n) is 6.09. The summed E-state index contributed by atoms with van der Waals surface area (Å²) in [5.41, 5.74) is 2.52. The molecule has 0 radical (unpaired) electrons. The summed E-state index contributed by atoms with van der Waals surface area (Å²) in [6.45, 7) is 4.17. The molecule has 118 valence electrons. The molecule has 1 fully saturated rings. The summed E-state index contributed by atoms with van der Waals surface area (Å²) in [7, 11) is 3.99. The second kappa shape index (κ2) is 8.28. The third-order valence-corrected chi connectivity index (χ3v) is 4.50. The highest BCUT2D eigenvalue weighted by Gasteiger charge is 2.20. The lowest BCUT2D eigenvalue weighted by molar-refractivity contribution is 0.401. The molecular weight excluding hydrogens is 260 g/mol. The molecule has 0 aliphatic heterocycles. The Hall–Kier alpha value is -1.22. The van der Waals surface area contributed by atoms with Crippen molar-refractivity contribution < 1.29 is 4.74 Å². The first-order chi connectivity index (χ1) is 10.3. The van der Waals surface area contributed by atoms with Crippen LogP contribution in [0.25, 0.3) is 0 Å². The zero-order valence-electron chi connectivity index (χ0n) is 13.8. The van der Waals surface area contributed by atoms with Crippen LogP contribution in [0.2, 0.25) is 0 Å². The highest BCUT2D eigenvalue weighted by molar-refractivity contribution is 5.60. The monoisotopic (exact) mass is 290 g/mol. The maximum Gasteiger partial charge on any atom is 0.142 e. The van der Waals surface area contributed by atoms with Gasteiger partial charge >= 0.3 is 0 Å². The van der Waals surface area contributed by atoms with Crippen molar-refractivity contribution in [2.45, 2.75) is 58.0 Å². The predicted octanol–water partition coefficient (Wildman–Crippen LogP) is 3.96. The Kier molecular flexibility index (Phi) is 6.37. The van der Waals surface area contributed by atoms with Gasteiger partial charge in [-0.05, 0) is 43.5 Å². The molecule has 1 aromatic carbocycles. The Balaban J connectivity index is 2.07. The molecule has 0 aromatic heterocycles. The molecule has 1 aromatic rings. The van der Waals surface area contributed by atoms with E-state index >= 15 is 0 Å². The Morgan fingerprint density at radius 2 is 2.00 bits per heavy atom. The molecular formula is C18H30N2O. The molecule has 0 heterocycles. The van der Waals surface area contributed by atoms with Crippen LogP contribution in [0.15, 0.2) is 18.2 Å². The summed E-state index contributed by atoms with van der Waals surface area (Å²) in [6, 6.07) is 7.28. The molecule has 0 spiro atoms. The number of anilines is 1. The van der Waals surface area contributed by atoms with Gasteiger partial charge in [0.15, 0.2) is 0 Å². The topological polar surface area (TPSA) is 24.5 Å². The van der Waals surface area contributed by atoms with Gasteiger partial charge in [0.05, 0.1) is 12.8 Å². The molecule has 0 amide bonds. The molecule has 0 unspecified atom stereocenters. The van der Waals surface area contributed by atoms with E-state index in [0.29, 0.717) is 6.04 Å². The number of hydrogen-bond donors (Lipinski definition) is 1. The summed E-state index contributed by atoms with van der Waals surface area (Å²) in [5.74, 6) is 0.999. The van der Waals surface area contributed by atoms with E-state index in [0.717, 1.165) is 18.8 Å². The number of nitrogens with one attached hydrogen (secondary N) is 1. The molecule has 0 bridgehead atoms. The first-order valence-electron chi connectivity index (χ1n) is 8.36. The molecule has 1 aliphatic rings. The van der Waals surface area contributed by atoms with E-state index in [2.05, 4.69) is 42.4 Å². The van der Waals surface area contributed by atoms with Crippen LogP contribution < -0.4 is 15.0 Å². The number of ether oxygens (including phenoxy) is 1. The van der Waals surface area contributed by atoms with E-state index in [9.17, 15) is 0 Å². The minimum atomic E-state index is 0.664. The van der Waals surface area contributed by atoms with Crippen LogP contribution in [0.3, 0.4) is 0 Å². The fourth-order valence-corrected chi connectivity index (χ4v) is 3.20. The first-order valence-corrected chi connectivity index (χ1v) is 8.36. The normalized spacial score (nSPS) is 16.0. The van der Waals surface area contributed by atoms with E-state index in [1.165, 1.54) is 49.8 Å². The Morgan fingerprint density at radius 1 is 1.24 bits per heavy atom. The minimum absolute atomic E-state index is 0.664. The van der Waals surface area contributed by atoms with Crippen molar-refractivity contribution in [3.8, 4) is 5.75 Å². The van der Waals surface area contributed by atoms with E-state index < -0.39 is 0 Å². The highest BCUT2D eigenvalue weighted by Crippen LogP contribution is 2.33. The predicted molar refractivity (Wildman–Crippen MR) is 90.3 cm³/mol. The van der Waals surface area contributed by atoms with Crippen LogP contribution >= 0.6 is 0 Å². The van der Waals surface area contributed by atoms with Crippen molar-refractivity contribution in [1.82, 2.24) is 5.32 Å². The van der Waals surface area contributed by atoms with E-state index in [-0.39, 0.29) is 0 Å². The van der Waals surface area contributed by atoms with E-state index in [1.54, 1.807) is 7.11 Å². The van der Waals surface area contributed by atoms with Crippen LogP contribution in [-0.4, -0.2) is 26.7 Å². The highest BCUT2D eigenvalue weighted by atomic mass is 16.5. The van der Waals surface area contributed by atoms with Crippen molar-refractivity contribution in [3.63, 3.8) is 0 Å². The van der Waals surface area contributed by atoms with Crippen molar-refractivity contribution in [2.75, 3.05) is 25.6 Å². The maximum absolute atomic E-state index is 5.63. The van der Waals surface area contributed by atoms with E-state index in [4.69, 9.17) is 4.74 Å². The van der Waals surface area contributed by atoms with Crippen molar-refractivity contribution >= 4 is 5.69 Å². The van der Waals surface area contributed by atoms with Crippen LogP contribution in [0.4, 0.5) is 5.69 Å². The number of hydrogen-bond acceptors (Lipinski definition) is 3. The zero-order chi connectivity index (χ0) is 15.1. The molecule has 0 saturated heterocycles. The average Bonchev–Trinajstić information content (AvgIpc) is 2.55. The number of methoxy groups -OCH3 is 1. The Morgan fingerprint density at radius 3 is 2.67 bits per heavy atom. The Bertz CT molecular complexity index is 427. The summed E-state index contributed by atoms with van der Waals surface area (Å²) in [6.07, 6.45) is 7.88. The second-order valence-corrected chi connectivity index (χ2v) is 6.09. The molecule has 2 rings (SSSR count). The molecule has 0 atom stereocenters. The van der Waals surface area contributed by atoms with Gasteiger partial charge in [0, 0.05) is 19.6 Å². The number of benzene rings is 1. The summed E-state index contributed by atoms with van der Waals surface area (Å²) >= 11 is 0. The van der Waals surface area contributed by atoms with Gasteiger partial charge in [-0.15, -0.1) is 0 Å².